The lowest BCUT2D eigenvalue weighted by Crippen LogP contribution is -2.02. The van der Waals surface area contributed by atoms with Crippen molar-refractivity contribution in [2.75, 3.05) is 0 Å². The van der Waals surface area contributed by atoms with Crippen molar-refractivity contribution >= 4 is 46.6 Å². The molecule has 0 radical (unpaired) electrons. The molecule has 6 heteroatoms. The Labute approximate surface area is 161 Å². The molecule has 0 aliphatic rings. The van der Waals surface area contributed by atoms with Crippen molar-refractivity contribution in [2.24, 2.45) is 0 Å². The maximum atomic E-state index is 11.3. The van der Waals surface area contributed by atoms with Crippen LogP contribution in [0.1, 0.15) is 25.1 Å². The van der Waals surface area contributed by atoms with Gasteiger partial charge in [0.05, 0.1) is 5.69 Å². The second kappa shape index (κ2) is 8.01. The predicted molar refractivity (Wildman–Crippen MR) is 105 cm³/mol. The van der Waals surface area contributed by atoms with Gasteiger partial charge in [-0.3, -0.25) is 9.59 Å². The number of ether oxygens (including phenoxy) is 2. The van der Waals surface area contributed by atoms with Gasteiger partial charge in [-0.25, -0.2) is 4.98 Å². The van der Waals surface area contributed by atoms with Crippen molar-refractivity contribution in [1.82, 2.24) is 4.98 Å². The lowest BCUT2D eigenvalue weighted by Gasteiger charge is -2.07. The third-order valence-corrected chi connectivity index (χ3v) is 3.85. The van der Waals surface area contributed by atoms with Gasteiger partial charge in [-0.15, -0.1) is 0 Å². The number of halogens is 1. The monoisotopic (exact) mass is 381 g/mol. The van der Waals surface area contributed by atoms with E-state index >= 15 is 0 Å². The Morgan fingerprint density at radius 1 is 0.926 bits per heavy atom. The molecule has 0 saturated carbocycles. The number of hydrogen-bond donors (Lipinski definition) is 0. The highest BCUT2D eigenvalue weighted by molar-refractivity contribution is 6.30. The van der Waals surface area contributed by atoms with Crippen LogP contribution in [0.5, 0.6) is 11.5 Å². The minimum atomic E-state index is -0.415. The molecule has 136 valence electrons. The van der Waals surface area contributed by atoms with Crippen LogP contribution in [0.15, 0.2) is 48.5 Å². The summed E-state index contributed by atoms with van der Waals surface area (Å²) in [6.07, 6.45) is 3.52. The summed E-state index contributed by atoms with van der Waals surface area (Å²) < 4.78 is 10.4. The molecule has 0 fully saturated rings. The maximum absolute atomic E-state index is 11.3. The lowest BCUT2D eigenvalue weighted by molar-refractivity contribution is -0.132. The molecule has 0 amide bonds. The number of fused-ring (bicyclic) bond motifs is 1. The number of aromatic nitrogens is 1. The smallest absolute Gasteiger partial charge is 0.308 e. The van der Waals surface area contributed by atoms with Gasteiger partial charge in [-0.2, -0.15) is 0 Å². The molecular formula is C21H16ClNO4. The number of nitrogens with zero attached hydrogens (tertiary/aromatic N) is 1. The average molecular weight is 382 g/mol. The van der Waals surface area contributed by atoms with Gasteiger partial charge in [-0.1, -0.05) is 29.8 Å². The number of pyridine rings is 1. The number of benzene rings is 2. The first-order valence-electron chi connectivity index (χ1n) is 8.16. The standard InChI is InChI=1S/C21H16ClNO4/c1-13(24)26-19-11-8-17(22)12-16(19)7-10-18-9-6-15-4-3-5-20(21(15)23-18)27-14(2)25/h3-12H,1-2H3. The fraction of sp³-hybridized carbons (Fsp3) is 0.0952. The van der Waals surface area contributed by atoms with E-state index < -0.39 is 11.9 Å². The summed E-state index contributed by atoms with van der Waals surface area (Å²) in [7, 11) is 0. The van der Waals surface area contributed by atoms with Crippen LogP contribution in [0.3, 0.4) is 0 Å². The summed E-state index contributed by atoms with van der Waals surface area (Å²) >= 11 is 6.04. The van der Waals surface area contributed by atoms with E-state index in [0.29, 0.717) is 33.3 Å². The Morgan fingerprint density at radius 3 is 2.41 bits per heavy atom. The topological polar surface area (TPSA) is 65.5 Å². The summed E-state index contributed by atoms with van der Waals surface area (Å²) in [6, 6.07) is 14.1. The molecule has 0 unspecified atom stereocenters. The van der Waals surface area contributed by atoms with Gasteiger partial charge in [-0.05, 0) is 42.5 Å². The molecule has 27 heavy (non-hydrogen) atoms. The summed E-state index contributed by atoms with van der Waals surface area (Å²) in [5.74, 6) is -0.0137. The van der Waals surface area contributed by atoms with Crippen molar-refractivity contribution in [3.05, 3.63) is 64.8 Å². The van der Waals surface area contributed by atoms with Crippen molar-refractivity contribution in [1.29, 1.82) is 0 Å². The molecule has 5 nitrogen and oxygen atoms in total. The SMILES string of the molecule is CC(=O)Oc1ccc(Cl)cc1C=Cc1ccc2cccc(OC(C)=O)c2n1. The van der Waals surface area contributed by atoms with Gasteiger partial charge in [0, 0.05) is 29.8 Å². The Balaban J connectivity index is 1.98. The van der Waals surface area contributed by atoms with Gasteiger partial charge >= 0.3 is 11.9 Å². The second-order valence-electron chi connectivity index (χ2n) is 5.77. The van der Waals surface area contributed by atoms with Gasteiger partial charge in [0.25, 0.3) is 0 Å². The Morgan fingerprint density at radius 2 is 1.67 bits per heavy atom. The summed E-state index contributed by atoms with van der Waals surface area (Å²) in [6.45, 7) is 2.68. The van der Waals surface area contributed by atoms with E-state index in [9.17, 15) is 9.59 Å². The molecular weight excluding hydrogens is 366 g/mol. The Hall–Kier alpha value is -3.18. The molecule has 0 N–H and O–H groups in total. The van der Waals surface area contributed by atoms with E-state index in [1.807, 2.05) is 18.2 Å². The normalized spacial score (nSPS) is 10.9. The Kier molecular flexibility index (Phi) is 5.52. The zero-order valence-electron chi connectivity index (χ0n) is 14.7. The highest BCUT2D eigenvalue weighted by atomic mass is 35.5. The van der Waals surface area contributed by atoms with E-state index in [2.05, 4.69) is 4.98 Å². The number of carbonyl (C=O) groups excluding carboxylic acids is 2. The zero-order valence-corrected chi connectivity index (χ0v) is 15.5. The highest BCUT2D eigenvalue weighted by Gasteiger charge is 2.08. The first-order valence-corrected chi connectivity index (χ1v) is 8.54. The fourth-order valence-electron chi connectivity index (χ4n) is 2.54. The van der Waals surface area contributed by atoms with Gasteiger partial charge < -0.3 is 9.47 Å². The predicted octanol–water partition coefficient (Wildman–Crippen LogP) is 4.91. The quantitative estimate of drug-likeness (QED) is 0.474. The first-order chi connectivity index (χ1) is 12.9. The second-order valence-corrected chi connectivity index (χ2v) is 6.20. The highest BCUT2D eigenvalue weighted by Crippen LogP contribution is 2.27. The third kappa shape index (κ3) is 4.71. The van der Waals surface area contributed by atoms with E-state index in [1.165, 1.54) is 13.8 Å². The molecule has 0 aliphatic carbocycles. The summed E-state index contributed by atoms with van der Waals surface area (Å²) in [5, 5.41) is 1.38. The molecule has 0 aliphatic heterocycles. The molecule has 0 bridgehead atoms. The van der Waals surface area contributed by atoms with Gasteiger partial charge in [0.2, 0.25) is 0 Å². The number of carbonyl (C=O) groups is 2. The number of hydrogen-bond acceptors (Lipinski definition) is 5. The molecule has 0 atom stereocenters. The van der Waals surface area contributed by atoms with Crippen LogP contribution in [-0.4, -0.2) is 16.9 Å². The number of rotatable bonds is 4. The van der Waals surface area contributed by atoms with Crippen LogP contribution in [0, 0.1) is 0 Å². The molecule has 1 heterocycles. The Bertz CT molecular complexity index is 1060. The van der Waals surface area contributed by atoms with Crippen LogP contribution in [0.2, 0.25) is 5.02 Å². The average Bonchev–Trinajstić information content (AvgIpc) is 2.61. The van der Waals surface area contributed by atoms with Crippen molar-refractivity contribution in [3.63, 3.8) is 0 Å². The van der Waals surface area contributed by atoms with Crippen molar-refractivity contribution in [3.8, 4) is 11.5 Å². The van der Waals surface area contributed by atoms with Crippen molar-refractivity contribution < 1.29 is 19.1 Å². The fourth-order valence-corrected chi connectivity index (χ4v) is 2.72. The van der Waals surface area contributed by atoms with E-state index in [0.717, 1.165) is 5.39 Å². The van der Waals surface area contributed by atoms with Gasteiger partial charge in [0.1, 0.15) is 11.3 Å². The van der Waals surface area contributed by atoms with Crippen LogP contribution in [0.4, 0.5) is 0 Å². The molecule has 0 spiro atoms. The van der Waals surface area contributed by atoms with Crippen LogP contribution in [0.25, 0.3) is 23.1 Å². The largest absolute Gasteiger partial charge is 0.426 e. The molecule has 0 saturated heterocycles. The van der Waals surface area contributed by atoms with E-state index in [4.69, 9.17) is 21.1 Å². The minimum Gasteiger partial charge on any atom is -0.426 e. The maximum Gasteiger partial charge on any atom is 0.308 e. The lowest BCUT2D eigenvalue weighted by atomic mass is 10.1. The molecule has 1 aromatic heterocycles. The molecule has 3 aromatic rings. The van der Waals surface area contributed by atoms with E-state index in [-0.39, 0.29) is 0 Å². The van der Waals surface area contributed by atoms with Crippen LogP contribution < -0.4 is 9.47 Å². The van der Waals surface area contributed by atoms with E-state index in [1.54, 1.807) is 42.5 Å². The number of para-hydroxylation sites is 1. The molecule has 2 aromatic carbocycles. The van der Waals surface area contributed by atoms with Crippen molar-refractivity contribution in [2.45, 2.75) is 13.8 Å². The van der Waals surface area contributed by atoms with Crippen LogP contribution in [-0.2, 0) is 9.59 Å². The summed E-state index contributed by atoms with van der Waals surface area (Å²) in [4.78, 5) is 27.1. The summed E-state index contributed by atoms with van der Waals surface area (Å²) in [5.41, 5.74) is 1.88. The number of esters is 2. The zero-order chi connectivity index (χ0) is 19.4. The first kappa shape index (κ1) is 18.6. The third-order valence-electron chi connectivity index (χ3n) is 3.62. The van der Waals surface area contributed by atoms with Gasteiger partial charge in [0.15, 0.2) is 5.75 Å². The van der Waals surface area contributed by atoms with Crippen LogP contribution >= 0.6 is 11.6 Å². The minimum absolute atomic E-state index is 0.401. The molecule has 3 rings (SSSR count).